The summed E-state index contributed by atoms with van der Waals surface area (Å²) in [7, 11) is 0. The highest BCUT2D eigenvalue weighted by Gasteiger charge is 2.67. The van der Waals surface area contributed by atoms with E-state index in [1.54, 1.807) is 0 Å². The average molecular weight is 482 g/mol. The molecule has 180 valence electrons. The lowest BCUT2D eigenvalue weighted by Crippen LogP contribution is -2.50. The van der Waals surface area contributed by atoms with E-state index >= 15 is 0 Å². The van der Waals surface area contributed by atoms with Crippen LogP contribution in [0.5, 0.6) is 0 Å². The Labute approximate surface area is 164 Å². The molecule has 0 spiro atoms. The number of carbonyl (C=O) groups excluding carboxylic acids is 2. The summed E-state index contributed by atoms with van der Waals surface area (Å²) in [5.74, 6) is -29.5. The molecule has 0 aromatic heterocycles. The van der Waals surface area contributed by atoms with Gasteiger partial charge in [0.2, 0.25) is 0 Å². The van der Waals surface area contributed by atoms with Gasteiger partial charge in [-0.25, -0.2) is 0 Å². The summed E-state index contributed by atoms with van der Waals surface area (Å²) in [6, 6.07) is 0. The number of carboxylic acid groups (broad SMARTS) is 2. The van der Waals surface area contributed by atoms with Crippen molar-refractivity contribution in [1.29, 1.82) is 0 Å². The SMILES string of the molecule is O=C(O)CCC(C(=O)OC(=O)C(CCC(=O)O)C(F)(F)C(F)(F)F)C(F)(F)C(F)(F)F. The monoisotopic (exact) mass is 482 g/mol. The van der Waals surface area contributed by atoms with Gasteiger partial charge in [-0.3, -0.25) is 19.2 Å². The summed E-state index contributed by atoms with van der Waals surface area (Å²) in [4.78, 5) is 44.0. The van der Waals surface area contributed by atoms with Crippen LogP contribution < -0.4 is 0 Å². The molecule has 31 heavy (non-hydrogen) atoms. The minimum absolute atomic E-state index is 1.53. The molecule has 0 rings (SSSR count). The summed E-state index contributed by atoms with van der Waals surface area (Å²) in [5, 5.41) is 16.8. The lowest BCUT2D eigenvalue weighted by Gasteiger charge is -2.29. The van der Waals surface area contributed by atoms with Crippen molar-refractivity contribution in [2.45, 2.75) is 49.9 Å². The van der Waals surface area contributed by atoms with E-state index in [0.717, 1.165) is 0 Å². The van der Waals surface area contributed by atoms with Crippen LogP contribution in [0.1, 0.15) is 25.7 Å². The molecule has 0 radical (unpaired) electrons. The summed E-state index contributed by atoms with van der Waals surface area (Å²) < 4.78 is 132. The molecule has 0 aromatic rings. The summed E-state index contributed by atoms with van der Waals surface area (Å²) >= 11 is 0. The number of carboxylic acids is 2. The van der Waals surface area contributed by atoms with Crippen molar-refractivity contribution in [3.05, 3.63) is 0 Å². The standard InChI is InChI=1S/C14H12F10O7/c15-11(16,13(19,20)21)5(1-3-7(25)26)9(29)31-10(30)6(2-4-8(27)28)12(17,18)14(22,23)24/h5-6H,1-4H2,(H,25,26)(H,27,28). The van der Waals surface area contributed by atoms with E-state index < -0.39 is 85.6 Å². The molecule has 0 fully saturated rings. The maximum absolute atomic E-state index is 13.5. The van der Waals surface area contributed by atoms with E-state index in [0.29, 0.717) is 0 Å². The molecule has 7 nitrogen and oxygen atoms in total. The number of hydrogen-bond acceptors (Lipinski definition) is 5. The van der Waals surface area contributed by atoms with E-state index in [9.17, 15) is 63.1 Å². The lowest BCUT2D eigenvalue weighted by molar-refractivity contribution is -0.305. The van der Waals surface area contributed by atoms with Crippen molar-refractivity contribution >= 4 is 23.9 Å². The van der Waals surface area contributed by atoms with E-state index in [1.165, 1.54) is 0 Å². The van der Waals surface area contributed by atoms with Crippen LogP contribution in [0.2, 0.25) is 0 Å². The molecule has 0 aliphatic carbocycles. The van der Waals surface area contributed by atoms with Gasteiger partial charge in [-0.15, -0.1) is 0 Å². The Morgan fingerprint density at radius 3 is 1.06 bits per heavy atom. The van der Waals surface area contributed by atoms with Gasteiger partial charge < -0.3 is 14.9 Å². The van der Waals surface area contributed by atoms with E-state index in [2.05, 4.69) is 4.74 Å². The molecule has 0 heterocycles. The first-order chi connectivity index (χ1) is 13.7. The maximum Gasteiger partial charge on any atom is 0.454 e. The van der Waals surface area contributed by atoms with Gasteiger partial charge in [0.25, 0.3) is 0 Å². The van der Waals surface area contributed by atoms with Crippen LogP contribution in [0.25, 0.3) is 0 Å². The van der Waals surface area contributed by atoms with Crippen molar-refractivity contribution in [3.63, 3.8) is 0 Å². The molecule has 2 unspecified atom stereocenters. The minimum Gasteiger partial charge on any atom is -0.481 e. The number of alkyl halides is 10. The van der Waals surface area contributed by atoms with Gasteiger partial charge in [0.05, 0.1) is 0 Å². The first-order valence-electron chi connectivity index (χ1n) is 7.74. The van der Waals surface area contributed by atoms with Crippen molar-refractivity contribution < 1.29 is 78.0 Å². The molecule has 0 amide bonds. The second-order valence-electron chi connectivity index (χ2n) is 5.95. The Bertz CT molecular complexity index is 641. The van der Waals surface area contributed by atoms with Crippen LogP contribution in [0, 0.1) is 11.8 Å². The van der Waals surface area contributed by atoms with Gasteiger partial charge in [-0.05, 0) is 12.8 Å². The van der Waals surface area contributed by atoms with Gasteiger partial charge in [0.15, 0.2) is 0 Å². The minimum atomic E-state index is -6.52. The number of rotatable bonds is 10. The molecule has 0 aromatic carbocycles. The normalized spacial score (nSPS) is 15.2. The van der Waals surface area contributed by atoms with Crippen LogP contribution in [0.4, 0.5) is 43.9 Å². The van der Waals surface area contributed by atoms with Crippen LogP contribution >= 0.6 is 0 Å². The van der Waals surface area contributed by atoms with Crippen molar-refractivity contribution in [3.8, 4) is 0 Å². The number of carbonyl (C=O) groups is 4. The van der Waals surface area contributed by atoms with E-state index in [4.69, 9.17) is 10.2 Å². The van der Waals surface area contributed by atoms with Crippen LogP contribution in [-0.2, 0) is 23.9 Å². The second kappa shape index (κ2) is 9.67. The quantitative estimate of drug-likeness (QED) is 0.278. The lowest BCUT2D eigenvalue weighted by atomic mass is 9.93. The van der Waals surface area contributed by atoms with Crippen LogP contribution in [-0.4, -0.2) is 58.3 Å². The van der Waals surface area contributed by atoms with Crippen molar-refractivity contribution in [2.24, 2.45) is 11.8 Å². The number of halogens is 10. The topological polar surface area (TPSA) is 118 Å². The number of esters is 2. The molecular weight excluding hydrogens is 470 g/mol. The molecular formula is C14H12F10O7. The molecule has 0 saturated carbocycles. The van der Waals surface area contributed by atoms with Crippen molar-refractivity contribution in [2.75, 3.05) is 0 Å². The summed E-state index contributed by atoms with van der Waals surface area (Å²) in [6.07, 6.45) is -19.7. The molecule has 0 aliphatic rings. The fourth-order valence-electron chi connectivity index (χ4n) is 2.07. The van der Waals surface area contributed by atoms with Gasteiger partial charge in [-0.1, -0.05) is 0 Å². The third-order valence-electron chi connectivity index (χ3n) is 3.70. The highest BCUT2D eigenvalue weighted by Crippen LogP contribution is 2.45. The smallest absolute Gasteiger partial charge is 0.454 e. The Kier molecular flexibility index (Phi) is 8.86. The zero-order chi connectivity index (χ0) is 25.0. The van der Waals surface area contributed by atoms with Gasteiger partial charge in [-0.2, -0.15) is 43.9 Å². The number of ether oxygens (including phenoxy) is 1. The number of hydrogen-bond donors (Lipinski definition) is 2. The zero-order valence-corrected chi connectivity index (χ0v) is 14.7. The Morgan fingerprint density at radius 2 is 0.871 bits per heavy atom. The third kappa shape index (κ3) is 7.23. The van der Waals surface area contributed by atoms with Gasteiger partial charge in [0.1, 0.15) is 11.8 Å². The predicted molar refractivity (Wildman–Crippen MR) is 73.8 cm³/mol. The summed E-state index contributed by atoms with van der Waals surface area (Å²) in [6.45, 7) is 0. The first-order valence-corrected chi connectivity index (χ1v) is 7.74. The Balaban J connectivity index is 5.95. The van der Waals surface area contributed by atoms with Crippen molar-refractivity contribution in [1.82, 2.24) is 0 Å². The fourth-order valence-corrected chi connectivity index (χ4v) is 2.07. The average Bonchev–Trinajstić information content (AvgIpc) is 2.51. The molecule has 0 bridgehead atoms. The molecule has 2 N–H and O–H groups in total. The van der Waals surface area contributed by atoms with E-state index in [-0.39, 0.29) is 0 Å². The highest BCUT2D eigenvalue weighted by atomic mass is 19.4. The molecule has 0 aliphatic heterocycles. The van der Waals surface area contributed by atoms with Gasteiger partial charge in [0, 0.05) is 12.8 Å². The molecule has 17 heteroatoms. The number of aliphatic carboxylic acids is 2. The van der Waals surface area contributed by atoms with E-state index in [1.807, 2.05) is 0 Å². The third-order valence-corrected chi connectivity index (χ3v) is 3.70. The largest absolute Gasteiger partial charge is 0.481 e. The molecule has 2 atom stereocenters. The second-order valence-corrected chi connectivity index (χ2v) is 5.95. The highest BCUT2D eigenvalue weighted by molar-refractivity contribution is 5.89. The van der Waals surface area contributed by atoms with Crippen LogP contribution in [0.15, 0.2) is 0 Å². The fraction of sp³-hybridized carbons (Fsp3) is 0.714. The molecule has 0 saturated heterocycles. The first kappa shape index (κ1) is 28.4. The summed E-state index contributed by atoms with van der Waals surface area (Å²) in [5.41, 5.74) is 0. The maximum atomic E-state index is 13.5. The van der Waals surface area contributed by atoms with Crippen LogP contribution in [0.3, 0.4) is 0 Å². The van der Waals surface area contributed by atoms with Gasteiger partial charge >= 0.3 is 48.1 Å². The Morgan fingerprint density at radius 1 is 0.613 bits per heavy atom. The Hall–Kier alpha value is -2.62. The zero-order valence-electron chi connectivity index (χ0n) is 14.7. The predicted octanol–water partition coefficient (Wildman–Crippen LogP) is 3.41.